The van der Waals surface area contributed by atoms with Gasteiger partial charge in [0.05, 0.1) is 11.0 Å². The molecule has 0 radical (unpaired) electrons. The Balaban J connectivity index is 1.66. The van der Waals surface area contributed by atoms with Gasteiger partial charge in [0.1, 0.15) is 0 Å². The fraction of sp³-hybridized carbons (Fsp3) is 0.385. The number of H-pyrrole nitrogens is 1. The standard InChI is InChI=1S/C13H16N4O/c18-13(14-9-5-1-2-6-9)17-12-15-10-7-3-4-8-11(10)16-12/h3-4,7-9H,1-2,5-6H2,(H3,14,15,16,17,18). The predicted molar refractivity (Wildman–Crippen MR) is 70.5 cm³/mol. The van der Waals surface area contributed by atoms with E-state index in [-0.39, 0.29) is 6.03 Å². The van der Waals surface area contributed by atoms with Crippen molar-refractivity contribution in [3.8, 4) is 0 Å². The number of nitrogens with one attached hydrogen (secondary N) is 3. The van der Waals surface area contributed by atoms with Crippen LogP contribution in [0, 0.1) is 0 Å². The molecular formula is C13H16N4O. The van der Waals surface area contributed by atoms with Gasteiger partial charge in [-0.2, -0.15) is 0 Å². The zero-order valence-corrected chi connectivity index (χ0v) is 10.1. The highest BCUT2D eigenvalue weighted by atomic mass is 16.2. The molecule has 2 aromatic rings. The summed E-state index contributed by atoms with van der Waals surface area (Å²) in [4.78, 5) is 19.1. The lowest BCUT2D eigenvalue weighted by atomic mass is 10.3. The molecule has 0 spiro atoms. The molecule has 0 unspecified atom stereocenters. The Morgan fingerprint density at radius 1 is 1.28 bits per heavy atom. The van der Waals surface area contributed by atoms with Gasteiger partial charge in [0, 0.05) is 6.04 Å². The largest absolute Gasteiger partial charge is 0.335 e. The van der Waals surface area contributed by atoms with E-state index in [0.29, 0.717) is 12.0 Å². The van der Waals surface area contributed by atoms with Crippen LogP contribution >= 0.6 is 0 Å². The van der Waals surface area contributed by atoms with Crippen LogP contribution in [0.5, 0.6) is 0 Å². The second-order valence-corrected chi connectivity index (χ2v) is 4.68. The lowest BCUT2D eigenvalue weighted by Gasteiger charge is -2.11. The van der Waals surface area contributed by atoms with Crippen molar-refractivity contribution in [2.45, 2.75) is 31.7 Å². The van der Waals surface area contributed by atoms with Gasteiger partial charge in [-0.1, -0.05) is 25.0 Å². The predicted octanol–water partition coefficient (Wildman–Crippen LogP) is 2.63. The molecule has 1 fully saturated rings. The van der Waals surface area contributed by atoms with Gasteiger partial charge in [0.15, 0.2) is 0 Å². The minimum Gasteiger partial charge on any atom is -0.335 e. The average molecular weight is 244 g/mol. The number of para-hydroxylation sites is 2. The smallest absolute Gasteiger partial charge is 0.321 e. The van der Waals surface area contributed by atoms with Gasteiger partial charge < -0.3 is 10.3 Å². The SMILES string of the molecule is O=C(Nc1nc2ccccc2[nH]1)NC1CCCC1. The first-order valence-electron chi connectivity index (χ1n) is 6.33. The minimum atomic E-state index is -0.180. The van der Waals surface area contributed by atoms with Crippen LogP contribution in [0.15, 0.2) is 24.3 Å². The van der Waals surface area contributed by atoms with Crippen molar-refractivity contribution in [1.82, 2.24) is 15.3 Å². The molecule has 1 aromatic heterocycles. The van der Waals surface area contributed by atoms with Gasteiger partial charge in [-0.05, 0) is 25.0 Å². The number of benzene rings is 1. The van der Waals surface area contributed by atoms with Crippen molar-refractivity contribution >= 4 is 23.0 Å². The zero-order valence-electron chi connectivity index (χ0n) is 10.1. The molecule has 94 valence electrons. The van der Waals surface area contributed by atoms with Crippen molar-refractivity contribution in [2.75, 3.05) is 5.32 Å². The number of anilines is 1. The molecule has 5 nitrogen and oxygen atoms in total. The molecule has 1 heterocycles. The second-order valence-electron chi connectivity index (χ2n) is 4.68. The third-order valence-corrected chi connectivity index (χ3v) is 3.31. The molecule has 0 aliphatic heterocycles. The number of carbonyl (C=O) groups excluding carboxylic acids is 1. The fourth-order valence-electron chi connectivity index (χ4n) is 2.41. The van der Waals surface area contributed by atoms with Gasteiger partial charge >= 0.3 is 6.03 Å². The maximum Gasteiger partial charge on any atom is 0.321 e. The van der Waals surface area contributed by atoms with E-state index in [2.05, 4.69) is 20.6 Å². The summed E-state index contributed by atoms with van der Waals surface area (Å²) < 4.78 is 0. The Labute approximate surface area is 105 Å². The van der Waals surface area contributed by atoms with Crippen molar-refractivity contribution in [3.63, 3.8) is 0 Å². The summed E-state index contributed by atoms with van der Waals surface area (Å²) in [7, 11) is 0. The molecule has 5 heteroatoms. The molecule has 1 aliphatic carbocycles. The molecule has 0 saturated heterocycles. The van der Waals surface area contributed by atoms with Crippen LogP contribution in [0.2, 0.25) is 0 Å². The van der Waals surface area contributed by atoms with E-state index in [1.54, 1.807) is 0 Å². The summed E-state index contributed by atoms with van der Waals surface area (Å²) in [6, 6.07) is 7.83. The molecular weight excluding hydrogens is 228 g/mol. The van der Waals surface area contributed by atoms with Gasteiger partial charge in [-0.3, -0.25) is 5.32 Å². The average Bonchev–Trinajstić information content (AvgIpc) is 2.96. The van der Waals surface area contributed by atoms with Crippen molar-refractivity contribution < 1.29 is 4.79 Å². The number of nitrogens with zero attached hydrogens (tertiary/aromatic N) is 1. The number of hydrogen-bond donors (Lipinski definition) is 3. The number of urea groups is 1. The summed E-state index contributed by atoms with van der Waals surface area (Å²) >= 11 is 0. The lowest BCUT2D eigenvalue weighted by Crippen LogP contribution is -2.36. The number of aromatic nitrogens is 2. The highest BCUT2D eigenvalue weighted by Crippen LogP contribution is 2.18. The highest BCUT2D eigenvalue weighted by Gasteiger charge is 2.17. The molecule has 1 aromatic carbocycles. The number of fused-ring (bicyclic) bond motifs is 1. The number of carbonyl (C=O) groups is 1. The minimum absolute atomic E-state index is 0.180. The summed E-state index contributed by atoms with van der Waals surface area (Å²) in [5, 5.41) is 5.70. The quantitative estimate of drug-likeness (QED) is 0.760. The van der Waals surface area contributed by atoms with Crippen LogP contribution in [-0.2, 0) is 0 Å². The van der Waals surface area contributed by atoms with Crippen LogP contribution in [0.3, 0.4) is 0 Å². The number of hydrogen-bond acceptors (Lipinski definition) is 2. The Bertz CT molecular complexity index is 524. The van der Waals surface area contributed by atoms with Gasteiger partial charge in [0.25, 0.3) is 0 Å². The molecule has 0 bridgehead atoms. The van der Waals surface area contributed by atoms with Gasteiger partial charge in [-0.15, -0.1) is 0 Å². The Hall–Kier alpha value is -2.04. The van der Waals surface area contributed by atoms with E-state index in [0.717, 1.165) is 23.9 Å². The zero-order chi connectivity index (χ0) is 12.4. The second kappa shape index (κ2) is 4.68. The third kappa shape index (κ3) is 2.30. The number of aromatic amines is 1. The van der Waals surface area contributed by atoms with Gasteiger partial charge in [0.2, 0.25) is 5.95 Å². The fourth-order valence-corrected chi connectivity index (χ4v) is 2.41. The van der Waals surface area contributed by atoms with Crippen LogP contribution in [-0.4, -0.2) is 22.0 Å². The monoisotopic (exact) mass is 244 g/mol. The van der Waals surface area contributed by atoms with Crippen molar-refractivity contribution in [1.29, 1.82) is 0 Å². The topological polar surface area (TPSA) is 69.8 Å². The summed E-state index contributed by atoms with van der Waals surface area (Å²) in [6.07, 6.45) is 4.56. The summed E-state index contributed by atoms with van der Waals surface area (Å²) in [5.74, 6) is 0.492. The first kappa shape index (κ1) is 11.1. The normalized spacial score (nSPS) is 16.0. The summed E-state index contributed by atoms with van der Waals surface area (Å²) in [5.41, 5.74) is 1.78. The maximum atomic E-state index is 11.8. The first-order chi connectivity index (χ1) is 8.81. The molecule has 1 saturated carbocycles. The Morgan fingerprint density at radius 3 is 2.83 bits per heavy atom. The van der Waals surface area contributed by atoms with E-state index in [1.165, 1.54) is 12.8 Å². The third-order valence-electron chi connectivity index (χ3n) is 3.31. The first-order valence-corrected chi connectivity index (χ1v) is 6.33. The molecule has 18 heavy (non-hydrogen) atoms. The van der Waals surface area contributed by atoms with Crippen molar-refractivity contribution in [2.24, 2.45) is 0 Å². The Morgan fingerprint density at radius 2 is 2.06 bits per heavy atom. The van der Waals surface area contributed by atoms with Crippen LogP contribution in [0.4, 0.5) is 10.7 Å². The van der Waals surface area contributed by atoms with E-state index in [4.69, 9.17) is 0 Å². The van der Waals surface area contributed by atoms with E-state index < -0.39 is 0 Å². The highest BCUT2D eigenvalue weighted by molar-refractivity contribution is 5.89. The van der Waals surface area contributed by atoms with Crippen molar-refractivity contribution in [3.05, 3.63) is 24.3 Å². The van der Waals surface area contributed by atoms with E-state index in [9.17, 15) is 4.79 Å². The van der Waals surface area contributed by atoms with E-state index >= 15 is 0 Å². The number of imidazole rings is 1. The van der Waals surface area contributed by atoms with Crippen LogP contribution in [0.25, 0.3) is 11.0 Å². The molecule has 1 aliphatic rings. The summed E-state index contributed by atoms with van der Waals surface area (Å²) in [6.45, 7) is 0. The van der Waals surface area contributed by atoms with E-state index in [1.807, 2.05) is 24.3 Å². The molecule has 3 rings (SSSR count). The molecule has 3 N–H and O–H groups in total. The van der Waals surface area contributed by atoms with Gasteiger partial charge in [-0.25, -0.2) is 9.78 Å². The molecule has 2 amide bonds. The molecule has 0 atom stereocenters. The van der Waals surface area contributed by atoms with Crippen LogP contribution < -0.4 is 10.6 Å². The number of rotatable bonds is 2. The maximum absolute atomic E-state index is 11.8. The van der Waals surface area contributed by atoms with Crippen LogP contribution in [0.1, 0.15) is 25.7 Å². The Kier molecular flexibility index (Phi) is 2.88. The lowest BCUT2D eigenvalue weighted by molar-refractivity contribution is 0.248. The number of amides is 2.